The number of ether oxygens (including phenoxy) is 1. The molecule has 2 heterocycles. The molecule has 9 nitrogen and oxygen atoms in total. The summed E-state index contributed by atoms with van der Waals surface area (Å²) in [4.78, 5) is 38.4. The summed E-state index contributed by atoms with van der Waals surface area (Å²) in [5.41, 5.74) is -0.351. The minimum Gasteiger partial charge on any atom is -0.378 e. The molecule has 3 fully saturated rings. The van der Waals surface area contributed by atoms with Gasteiger partial charge in [0.25, 0.3) is 0 Å². The Hall–Kier alpha value is -1.14. The third-order valence-corrected chi connectivity index (χ3v) is 6.68. The van der Waals surface area contributed by atoms with Gasteiger partial charge in [0, 0.05) is 59.9 Å². The molecule has 1 N–H and O–H groups in total. The second-order valence-electron chi connectivity index (χ2n) is 9.11. The molecule has 2 amide bonds. The van der Waals surface area contributed by atoms with Gasteiger partial charge in [-0.25, -0.2) is 0 Å². The Morgan fingerprint density at radius 3 is 2.19 bits per heavy atom. The van der Waals surface area contributed by atoms with E-state index in [1.54, 1.807) is 4.90 Å². The molecular formula is C22H41IN6O3. The molecule has 184 valence electrons. The molecule has 0 unspecified atom stereocenters. The van der Waals surface area contributed by atoms with Gasteiger partial charge in [-0.05, 0) is 19.8 Å². The third kappa shape index (κ3) is 6.93. The number of morpholine rings is 1. The van der Waals surface area contributed by atoms with Gasteiger partial charge in [-0.15, -0.1) is 24.0 Å². The molecule has 10 heteroatoms. The maximum absolute atomic E-state index is 12.9. The van der Waals surface area contributed by atoms with Crippen LogP contribution in [0.1, 0.15) is 32.6 Å². The normalized spacial score (nSPS) is 21.8. The molecule has 1 saturated carbocycles. The van der Waals surface area contributed by atoms with Crippen molar-refractivity contribution in [2.75, 3.05) is 86.2 Å². The van der Waals surface area contributed by atoms with Crippen molar-refractivity contribution in [1.29, 1.82) is 0 Å². The monoisotopic (exact) mass is 564 g/mol. The zero-order valence-electron chi connectivity index (χ0n) is 20.0. The molecule has 0 spiro atoms. The Morgan fingerprint density at radius 2 is 1.62 bits per heavy atom. The van der Waals surface area contributed by atoms with E-state index in [0.717, 1.165) is 64.4 Å². The Balaban J connectivity index is 0.00000363. The van der Waals surface area contributed by atoms with Crippen LogP contribution < -0.4 is 5.32 Å². The van der Waals surface area contributed by atoms with Crippen LogP contribution >= 0.6 is 24.0 Å². The molecule has 0 radical (unpaired) electrons. The summed E-state index contributed by atoms with van der Waals surface area (Å²) in [5, 5.41) is 3.41. The summed E-state index contributed by atoms with van der Waals surface area (Å²) >= 11 is 0. The standard InChI is InChI=1S/C22H40N6O3.HI/c1-4-23-21(24-18-22(7-5-6-8-22)20(30)25(2)3)28-11-9-26(10-12-28)17-19(29)27-13-15-31-16-14-27;/h4-18H2,1-3H3,(H,23,24);1H. The van der Waals surface area contributed by atoms with Crippen molar-refractivity contribution in [3.63, 3.8) is 0 Å². The van der Waals surface area contributed by atoms with Crippen LogP contribution in [-0.4, -0.2) is 124 Å². The van der Waals surface area contributed by atoms with Crippen molar-refractivity contribution in [1.82, 2.24) is 24.9 Å². The number of halogens is 1. The number of carbonyl (C=O) groups is 2. The molecule has 0 aromatic heterocycles. The van der Waals surface area contributed by atoms with Crippen LogP contribution in [-0.2, 0) is 14.3 Å². The maximum Gasteiger partial charge on any atom is 0.236 e. The minimum atomic E-state index is -0.351. The van der Waals surface area contributed by atoms with Gasteiger partial charge in [0.05, 0.1) is 31.7 Å². The van der Waals surface area contributed by atoms with Crippen LogP contribution in [0.4, 0.5) is 0 Å². The van der Waals surface area contributed by atoms with Gasteiger partial charge in [-0.1, -0.05) is 12.8 Å². The number of rotatable bonds is 6. The highest BCUT2D eigenvalue weighted by Gasteiger charge is 2.42. The second kappa shape index (κ2) is 12.9. The van der Waals surface area contributed by atoms with Crippen molar-refractivity contribution in [3.05, 3.63) is 0 Å². The number of nitrogens with zero attached hydrogens (tertiary/aromatic N) is 5. The molecule has 2 aliphatic heterocycles. The van der Waals surface area contributed by atoms with Gasteiger partial charge >= 0.3 is 0 Å². The number of hydrogen-bond donors (Lipinski definition) is 1. The van der Waals surface area contributed by atoms with Gasteiger partial charge in [-0.2, -0.15) is 0 Å². The zero-order valence-corrected chi connectivity index (χ0v) is 22.3. The van der Waals surface area contributed by atoms with Gasteiger partial charge < -0.3 is 24.8 Å². The van der Waals surface area contributed by atoms with Crippen LogP contribution in [0.3, 0.4) is 0 Å². The molecule has 32 heavy (non-hydrogen) atoms. The fourth-order valence-electron chi connectivity index (χ4n) is 4.84. The molecule has 0 bridgehead atoms. The summed E-state index contributed by atoms with van der Waals surface area (Å²) in [6.07, 6.45) is 4.04. The van der Waals surface area contributed by atoms with Crippen LogP contribution in [0.5, 0.6) is 0 Å². The van der Waals surface area contributed by atoms with Crippen molar-refractivity contribution < 1.29 is 14.3 Å². The summed E-state index contributed by atoms with van der Waals surface area (Å²) in [5.74, 6) is 1.29. The quantitative estimate of drug-likeness (QED) is 0.291. The highest BCUT2D eigenvalue weighted by Crippen LogP contribution is 2.39. The van der Waals surface area contributed by atoms with Crippen molar-refractivity contribution >= 4 is 41.8 Å². The average Bonchev–Trinajstić information content (AvgIpc) is 3.27. The second-order valence-corrected chi connectivity index (χ2v) is 9.11. The molecule has 2 saturated heterocycles. The lowest BCUT2D eigenvalue weighted by molar-refractivity contribution is -0.138. The maximum atomic E-state index is 12.9. The van der Waals surface area contributed by atoms with E-state index in [2.05, 4.69) is 22.0 Å². The Kier molecular flexibility index (Phi) is 11.0. The number of aliphatic imine (C=N–C) groups is 1. The van der Waals surface area contributed by atoms with E-state index in [-0.39, 0.29) is 41.2 Å². The van der Waals surface area contributed by atoms with Crippen LogP contribution in [0.15, 0.2) is 4.99 Å². The van der Waals surface area contributed by atoms with Crippen molar-refractivity contribution in [2.45, 2.75) is 32.6 Å². The summed E-state index contributed by atoms with van der Waals surface area (Å²) in [6.45, 7) is 9.89. The van der Waals surface area contributed by atoms with Gasteiger partial charge in [0.15, 0.2) is 5.96 Å². The van der Waals surface area contributed by atoms with Gasteiger partial charge in [0.1, 0.15) is 0 Å². The highest BCUT2D eigenvalue weighted by atomic mass is 127. The smallest absolute Gasteiger partial charge is 0.236 e. The fourth-order valence-corrected chi connectivity index (χ4v) is 4.84. The fraction of sp³-hybridized carbons (Fsp3) is 0.864. The number of nitrogens with one attached hydrogen (secondary N) is 1. The molecular weight excluding hydrogens is 523 g/mol. The molecule has 0 aromatic carbocycles. The molecule has 3 aliphatic rings. The topological polar surface area (TPSA) is 80.7 Å². The van der Waals surface area contributed by atoms with Crippen LogP contribution in [0.2, 0.25) is 0 Å². The lowest BCUT2D eigenvalue weighted by Crippen LogP contribution is -2.55. The first-order chi connectivity index (χ1) is 14.9. The average molecular weight is 565 g/mol. The number of piperazine rings is 1. The SMILES string of the molecule is CCNC(=NCC1(C(=O)N(C)C)CCCC1)N1CCN(CC(=O)N2CCOCC2)CC1.I. The minimum absolute atomic E-state index is 0. The number of carbonyl (C=O) groups excluding carboxylic acids is 2. The van der Waals surface area contributed by atoms with E-state index in [9.17, 15) is 9.59 Å². The number of guanidine groups is 1. The van der Waals surface area contributed by atoms with E-state index in [1.165, 1.54) is 0 Å². The third-order valence-electron chi connectivity index (χ3n) is 6.68. The molecule has 3 rings (SSSR count). The first kappa shape index (κ1) is 27.1. The summed E-state index contributed by atoms with van der Waals surface area (Å²) in [7, 11) is 3.68. The van der Waals surface area contributed by atoms with Crippen LogP contribution in [0, 0.1) is 5.41 Å². The highest BCUT2D eigenvalue weighted by molar-refractivity contribution is 14.0. The first-order valence-corrected chi connectivity index (χ1v) is 11.8. The lowest BCUT2D eigenvalue weighted by atomic mass is 9.85. The predicted molar refractivity (Wildman–Crippen MR) is 136 cm³/mol. The number of hydrogen-bond acceptors (Lipinski definition) is 5. The largest absolute Gasteiger partial charge is 0.378 e. The van der Waals surface area contributed by atoms with E-state index in [0.29, 0.717) is 39.4 Å². The van der Waals surface area contributed by atoms with Crippen LogP contribution in [0.25, 0.3) is 0 Å². The summed E-state index contributed by atoms with van der Waals surface area (Å²) in [6, 6.07) is 0. The van der Waals surface area contributed by atoms with E-state index >= 15 is 0 Å². The van der Waals surface area contributed by atoms with E-state index in [1.807, 2.05) is 19.0 Å². The van der Waals surface area contributed by atoms with Crippen molar-refractivity contribution in [3.8, 4) is 0 Å². The van der Waals surface area contributed by atoms with E-state index in [4.69, 9.17) is 9.73 Å². The molecule has 0 aromatic rings. The summed E-state index contributed by atoms with van der Waals surface area (Å²) < 4.78 is 5.34. The van der Waals surface area contributed by atoms with E-state index < -0.39 is 0 Å². The number of amides is 2. The Morgan fingerprint density at radius 1 is 1.00 bits per heavy atom. The lowest BCUT2D eigenvalue weighted by Gasteiger charge is -2.38. The van der Waals surface area contributed by atoms with Crippen molar-refractivity contribution in [2.24, 2.45) is 10.4 Å². The van der Waals surface area contributed by atoms with Gasteiger partial charge in [0.2, 0.25) is 11.8 Å². The van der Waals surface area contributed by atoms with Gasteiger partial charge in [-0.3, -0.25) is 19.5 Å². The Labute approximate surface area is 209 Å². The first-order valence-electron chi connectivity index (χ1n) is 11.8. The Bertz CT molecular complexity index is 640. The molecule has 0 atom stereocenters. The zero-order chi connectivity index (χ0) is 22.3. The predicted octanol–water partition coefficient (Wildman–Crippen LogP) is 0.695. The molecule has 1 aliphatic carbocycles.